The van der Waals surface area contributed by atoms with E-state index in [2.05, 4.69) is 21.2 Å². The Morgan fingerprint density at radius 3 is 2.48 bits per heavy atom. The van der Waals surface area contributed by atoms with E-state index in [1.807, 2.05) is 35.2 Å². The third kappa shape index (κ3) is 4.72. The molecule has 25 heavy (non-hydrogen) atoms. The van der Waals surface area contributed by atoms with Crippen molar-refractivity contribution in [3.8, 4) is 0 Å². The SMILES string of the molecule is O=C(NCCC1CCN(C(=O)c2ccccc2)CC1)c1ccc(Br)o1. The summed E-state index contributed by atoms with van der Waals surface area (Å²) in [5, 5.41) is 2.89. The summed E-state index contributed by atoms with van der Waals surface area (Å²) in [6.07, 6.45) is 2.86. The first-order chi connectivity index (χ1) is 12.1. The summed E-state index contributed by atoms with van der Waals surface area (Å²) in [6.45, 7) is 2.17. The zero-order valence-electron chi connectivity index (χ0n) is 13.9. The number of piperidine rings is 1. The maximum atomic E-state index is 12.4. The van der Waals surface area contributed by atoms with Crippen molar-refractivity contribution in [1.29, 1.82) is 0 Å². The third-order valence-electron chi connectivity index (χ3n) is 4.56. The number of halogens is 1. The number of hydrogen-bond acceptors (Lipinski definition) is 3. The smallest absolute Gasteiger partial charge is 0.287 e. The van der Waals surface area contributed by atoms with Crippen LogP contribution in [-0.4, -0.2) is 36.3 Å². The fraction of sp³-hybridized carbons (Fsp3) is 0.368. The molecule has 132 valence electrons. The predicted octanol–water partition coefficient (Wildman–Crippen LogP) is 3.71. The molecule has 1 N–H and O–H groups in total. The van der Waals surface area contributed by atoms with Crippen LogP contribution in [0.5, 0.6) is 0 Å². The molecule has 1 fully saturated rings. The Morgan fingerprint density at radius 1 is 1.12 bits per heavy atom. The molecule has 2 heterocycles. The van der Waals surface area contributed by atoms with Crippen molar-refractivity contribution in [3.05, 3.63) is 58.5 Å². The van der Waals surface area contributed by atoms with Crippen LogP contribution in [0.2, 0.25) is 0 Å². The van der Waals surface area contributed by atoms with E-state index < -0.39 is 0 Å². The number of carbonyl (C=O) groups is 2. The monoisotopic (exact) mass is 404 g/mol. The number of hydrogen-bond donors (Lipinski definition) is 1. The Morgan fingerprint density at radius 2 is 1.84 bits per heavy atom. The molecule has 3 rings (SSSR count). The van der Waals surface area contributed by atoms with Gasteiger partial charge >= 0.3 is 0 Å². The van der Waals surface area contributed by atoms with E-state index in [1.165, 1.54) is 0 Å². The summed E-state index contributed by atoms with van der Waals surface area (Å²) < 4.78 is 5.78. The molecule has 1 aromatic heterocycles. The number of benzene rings is 1. The van der Waals surface area contributed by atoms with Crippen LogP contribution in [0, 0.1) is 5.92 Å². The highest BCUT2D eigenvalue weighted by Gasteiger charge is 2.23. The number of nitrogens with zero attached hydrogens (tertiary/aromatic N) is 1. The van der Waals surface area contributed by atoms with E-state index in [0.717, 1.165) is 37.9 Å². The van der Waals surface area contributed by atoms with Crippen molar-refractivity contribution in [3.63, 3.8) is 0 Å². The second kappa shape index (κ2) is 8.34. The summed E-state index contributed by atoms with van der Waals surface area (Å²) in [7, 11) is 0. The van der Waals surface area contributed by atoms with Crippen LogP contribution in [0.25, 0.3) is 0 Å². The molecule has 0 atom stereocenters. The van der Waals surface area contributed by atoms with Gasteiger partial charge in [0.05, 0.1) is 0 Å². The number of nitrogens with one attached hydrogen (secondary N) is 1. The van der Waals surface area contributed by atoms with Crippen molar-refractivity contribution >= 4 is 27.7 Å². The highest BCUT2D eigenvalue weighted by molar-refractivity contribution is 9.10. The fourth-order valence-corrected chi connectivity index (χ4v) is 3.41. The molecule has 0 spiro atoms. The molecule has 0 unspecified atom stereocenters. The standard InChI is InChI=1S/C19H21BrN2O3/c20-17-7-6-16(25-17)18(23)21-11-8-14-9-12-22(13-10-14)19(24)15-4-2-1-3-5-15/h1-7,14H,8-13H2,(H,21,23). The maximum Gasteiger partial charge on any atom is 0.287 e. The second-order valence-corrected chi connectivity index (χ2v) is 7.03. The average molecular weight is 405 g/mol. The van der Waals surface area contributed by atoms with E-state index in [-0.39, 0.29) is 11.8 Å². The van der Waals surface area contributed by atoms with Gasteiger partial charge in [0.2, 0.25) is 0 Å². The van der Waals surface area contributed by atoms with E-state index >= 15 is 0 Å². The summed E-state index contributed by atoms with van der Waals surface area (Å²) >= 11 is 3.19. The van der Waals surface area contributed by atoms with Gasteiger partial charge in [-0.05, 0) is 65.4 Å². The number of carbonyl (C=O) groups excluding carboxylic acids is 2. The van der Waals surface area contributed by atoms with Gasteiger partial charge in [-0.2, -0.15) is 0 Å². The number of furan rings is 1. The first-order valence-electron chi connectivity index (χ1n) is 8.51. The number of amides is 2. The van der Waals surface area contributed by atoms with Gasteiger partial charge in [0.25, 0.3) is 11.8 Å². The van der Waals surface area contributed by atoms with E-state index in [4.69, 9.17) is 4.42 Å². The first kappa shape index (κ1) is 17.7. The topological polar surface area (TPSA) is 62.6 Å². The molecular weight excluding hydrogens is 384 g/mol. The van der Waals surface area contributed by atoms with Crippen molar-refractivity contribution in [2.45, 2.75) is 19.3 Å². The van der Waals surface area contributed by atoms with Gasteiger partial charge in [-0.3, -0.25) is 9.59 Å². The lowest BCUT2D eigenvalue weighted by atomic mass is 9.93. The van der Waals surface area contributed by atoms with Gasteiger partial charge in [0.15, 0.2) is 10.4 Å². The summed E-state index contributed by atoms with van der Waals surface area (Å²) in [5.74, 6) is 0.761. The normalized spacial score (nSPS) is 15.2. The molecule has 1 aliphatic rings. The van der Waals surface area contributed by atoms with Gasteiger partial charge in [-0.15, -0.1) is 0 Å². The molecule has 0 bridgehead atoms. The first-order valence-corrected chi connectivity index (χ1v) is 9.30. The van der Waals surface area contributed by atoms with Crippen LogP contribution in [0.4, 0.5) is 0 Å². The Balaban J connectivity index is 1.39. The summed E-state index contributed by atoms with van der Waals surface area (Å²) in [5.41, 5.74) is 0.748. The van der Waals surface area contributed by atoms with Crippen LogP contribution in [0.3, 0.4) is 0 Å². The molecule has 5 nitrogen and oxygen atoms in total. The summed E-state index contributed by atoms with van der Waals surface area (Å²) in [6, 6.07) is 12.8. The Kier molecular flexibility index (Phi) is 5.91. The molecule has 2 amide bonds. The molecule has 0 aliphatic carbocycles. The van der Waals surface area contributed by atoms with Gasteiger partial charge in [-0.1, -0.05) is 18.2 Å². The fourth-order valence-electron chi connectivity index (χ4n) is 3.10. The molecule has 0 radical (unpaired) electrons. The van der Waals surface area contributed by atoms with E-state index in [0.29, 0.717) is 22.9 Å². The summed E-state index contributed by atoms with van der Waals surface area (Å²) in [4.78, 5) is 26.3. The van der Waals surface area contributed by atoms with Crippen LogP contribution in [0.1, 0.15) is 40.2 Å². The molecule has 1 aromatic carbocycles. The Bertz CT molecular complexity index is 721. The second-order valence-electron chi connectivity index (χ2n) is 6.25. The van der Waals surface area contributed by atoms with Crippen molar-refractivity contribution in [1.82, 2.24) is 10.2 Å². The van der Waals surface area contributed by atoms with E-state index in [9.17, 15) is 9.59 Å². The Hall–Kier alpha value is -2.08. The van der Waals surface area contributed by atoms with Gasteiger partial charge < -0.3 is 14.6 Å². The van der Waals surface area contributed by atoms with Crippen molar-refractivity contribution in [2.75, 3.05) is 19.6 Å². The Labute approximate surface area is 155 Å². The van der Waals surface area contributed by atoms with E-state index in [1.54, 1.807) is 12.1 Å². The largest absolute Gasteiger partial charge is 0.444 e. The lowest BCUT2D eigenvalue weighted by Crippen LogP contribution is -2.39. The molecular formula is C19H21BrN2O3. The third-order valence-corrected chi connectivity index (χ3v) is 4.98. The highest BCUT2D eigenvalue weighted by atomic mass is 79.9. The lowest BCUT2D eigenvalue weighted by Gasteiger charge is -2.32. The average Bonchev–Trinajstić information content (AvgIpc) is 3.09. The number of likely N-dealkylation sites (tertiary alicyclic amines) is 1. The minimum Gasteiger partial charge on any atom is -0.444 e. The zero-order valence-corrected chi connectivity index (χ0v) is 15.5. The maximum absolute atomic E-state index is 12.4. The van der Waals surface area contributed by atoms with Gasteiger partial charge in [0, 0.05) is 25.2 Å². The zero-order chi connectivity index (χ0) is 17.6. The predicted molar refractivity (Wildman–Crippen MR) is 98.4 cm³/mol. The highest BCUT2D eigenvalue weighted by Crippen LogP contribution is 2.21. The van der Waals surface area contributed by atoms with Crippen molar-refractivity contribution in [2.24, 2.45) is 5.92 Å². The van der Waals surface area contributed by atoms with Crippen LogP contribution >= 0.6 is 15.9 Å². The van der Waals surface area contributed by atoms with Crippen LogP contribution < -0.4 is 5.32 Å². The molecule has 0 saturated carbocycles. The lowest BCUT2D eigenvalue weighted by molar-refractivity contribution is 0.0687. The molecule has 6 heteroatoms. The van der Waals surface area contributed by atoms with Crippen molar-refractivity contribution < 1.29 is 14.0 Å². The molecule has 2 aromatic rings. The molecule has 1 saturated heterocycles. The minimum atomic E-state index is -0.192. The van der Waals surface area contributed by atoms with Gasteiger partial charge in [-0.25, -0.2) is 0 Å². The quantitative estimate of drug-likeness (QED) is 0.825. The number of rotatable bonds is 5. The van der Waals surface area contributed by atoms with Gasteiger partial charge in [0.1, 0.15) is 0 Å². The van der Waals surface area contributed by atoms with Crippen LogP contribution in [-0.2, 0) is 0 Å². The van der Waals surface area contributed by atoms with Crippen LogP contribution in [0.15, 0.2) is 51.6 Å². The molecule has 1 aliphatic heterocycles. The minimum absolute atomic E-state index is 0.107.